The normalized spacial score (nSPS) is 18.8. The fraction of sp³-hybridized carbons (Fsp3) is 0.286. The number of carboxylic acid groups (broad SMARTS) is 1. The molecule has 1 aliphatic rings. The molecule has 1 aromatic rings. The molecule has 1 atom stereocenters. The number of likely N-dealkylation sites (N-methyl/N-ethyl adjacent to an activating group) is 1. The number of rotatable bonds is 4. The molecular formula is C14H14FNO4. The lowest BCUT2D eigenvalue weighted by Gasteiger charge is -2.14. The van der Waals surface area contributed by atoms with E-state index >= 15 is 0 Å². The number of hydrogen-bond acceptors (Lipinski definition) is 3. The van der Waals surface area contributed by atoms with Crippen LogP contribution in [0.1, 0.15) is 12.0 Å². The Balaban J connectivity index is 2.23. The molecule has 0 bridgehead atoms. The highest BCUT2D eigenvalue weighted by Crippen LogP contribution is 2.25. The Hall–Kier alpha value is -2.37. The number of nitrogens with zero attached hydrogens (tertiary/aromatic N) is 1. The van der Waals surface area contributed by atoms with Gasteiger partial charge in [-0.2, -0.15) is 0 Å². The fourth-order valence-electron chi connectivity index (χ4n) is 1.97. The molecule has 1 N–H and O–H groups in total. The summed E-state index contributed by atoms with van der Waals surface area (Å²) in [4.78, 5) is 23.9. The Morgan fingerprint density at radius 3 is 2.90 bits per heavy atom. The van der Waals surface area contributed by atoms with Crippen LogP contribution in [0.3, 0.4) is 0 Å². The molecule has 1 fully saturated rings. The molecule has 0 saturated carbocycles. The van der Waals surface area contributed by atoms with Gasteiger partial charge in [0.25, 0.3) is 5.91 Å². The molecule has 6 heteroatoms. The molecular weight excluding hydrogens is 265 g/mol. The molecule has 1 unspecified atom stereocenters. The first-order valence-electron chi connectivity index (χ1n) is 6.09. The predicted octanol–water partition coefficient (Wildman–Crippen LogP) is 1.53. The SMILES string of the molecule is CN1CCC(Oc2ccc(F)cc2/C=C/C(=O)O)C1=O. The van der Waals surface area contributed by atoms with E-state index in [1.54, 1.807) is 11.9 Å². The zero-order chi connectivity index (χ0) is 14.7. The minimum absolute atomic E-state index is 0.137. The van der Waals surface area contributed by atoms with Crippen LogP contribution in [-0.4, -0.2) is 41.6 Å². The Labute approximate surface area is 115 Å². The molecule has 20 heavy (non-hydrogen) atoms. The van der Waals surface area contributed by atoms with Crippen LogP contribution < -0.4 is 4.74 Å². The van der Waals surface area contributed by atoms with E-state index in [1.165, 1.54) is 18.2 Å². The van der Waals surface area contributed by atoms with Gasteiger partial charge in [-0.15, -0.1) is 0 Å². The van der Waals surface area contributed by atoms with Gasteiger partial charge in [0.05, 0.1) is 0 Å². The minimum atomic E-state index is -1.14. The van der Waals surface area contributed by atoms with Crippen molar-refractivity contribution >= 4 is 18.0 Å². The predicted molar refractivity (Wildman–Crippen MR) is 69.7 cm³/mol. The van der Waals surface area contributed by atoms with Crippen molar-refractivity contribution in [3.05, 3.63) is 35.7 Å². The lowest BCUT2D eigenvalue weighted by Crippen LogP contribution is -2.29. The number of aliphatic carboxylic acids is 1. The van der Waals surface area contributed by atoms with Gasteiger partial charge >= 0.3 is 5.97 Å². The first kappa shape index (κ1) is 14.0. The van der Waals surface area contributed by atoms with Crippen molar-refractivity contribution in [2.75, 3.05) is 13.6 Å². The van der Waals surface area contributed by atoms with E-state index in [2.05, 4.69) is 0 Å². The van der Waals surface area contributed by atoms with Gasteiger partial charge in [-0.3, -0.25) is 4.79 Å². The summed E-state index contributed by atoms with van der Waals surface area (Å²) in [5, 5.41) is 8.61. The second-order valence-corrected chi connectivity index (χ2v) is 4.51. The van der Waals surface area contributed by atoms with Crippen molar-refractivity contribution in [1.82, 2.24) is 4.90 Å². The first-order chi connectivity index (χ1) is 9.47. The maximum absolute atomic E-state index is 13.2. The van der Waals surface area contributed by atoms with Crippen molar-refractivity contribution in [2.45, 2.75) is 12.5 Å². The molecule has 106 valence electrons. The van der Waals surface area contributed by atoms with Gasteiger partial charge in [0.2, 0.25) is 0 Å². The zero-order valence-electron chi connectivity index (χ0n) is 10.9. The third-order valence-corrected chi connectivity index (χ3v) is 3.02. The van der Waals surface area contributed by atoms with Crippen LogP contribution >= 0.6 is 0 Å². The van der Waals surface area contributed by atoms with Gasteiger partial charge in [-0.1, -0.05) is 0 Å². The number of carboxylic acids is 1. The maximum atomic E-state index is 13.2. The van der Waals surface area contributed by atoms with E-state index in [1.807, 2.05) is 0 Å². The van der Waals surface area contributed by atoms with Crippen molar-refractivity contribution in [3.8, 4) is 5.75 Å². The van der Waals surface area contributed by atoms with E-state index in [4.69, 9.17) is 9.84 Å². The van der Waals surface area contributed by atoms with Gasteiger partial charge in [0.1, 0.15) is 11.6 Å². The molecule has 1 aromatic carbocycles. The summed E-state index contributed by atoms with van der Waals surface area (Å²) in [7, 11) is 1.68. The van der Waals surface area contributed by atoms with Crippen LogP contribution in [0.25, 0.3) is 6.08 Å². The summed E-state index contributed by atoms with van der Waals surface area (Å²) in [5.41, 5.74) is 0.287. The Kier molecular flexibility index (Phi) is 4.02. The highest BCUT2D eigenvalue weighted by molar-refractivity contribution is 5.86. The molecule has 1 amide bonds. The van der Waals surface area contributed by atoms with Gasteiger partial charge in [0.15, 0.2) is 6.10 Å². The standard InChI is InChI=1S/C14H14FNO4/c1-16-7-6-12(14(16)19)20-11-4-3-10(15)8-9(11)2-5-13(17)18/h2-5,8,12H,6-7H2,1H3,(H,17,18)/b5-2+. The van der Waals surface area contributed by atoms with Gasteiger partial charge in [0, 0.05) is 31.7 Å². The third-order valence-electron chi connectivity index (χ3n) is 3.02. The van der Waals surface area contributed by atoms with E-state index in [0.717, 1.165) is 12.1 Å². The Morgan fingerprint density at radius 1 is 1.55 bits per heavy atom. The molecule has 5 nitrogen and oxygen atoms in total. The highest BCUT2D eigenvalue weighted by atomic mass is 19.1. The van der Waals surface area contributed by atoms with Gasteiger partial charge in [-0.05, 0) is 24.3 Å². The van der Waals surface area contributed by atoms with Crippen LogP contribution in [0.2, 0.25) is 0 Å². The van der Waals surface area contributed by atoms with E-state index in [0.29, 0.717) is 13.0 Å². The van der Waals surface area contributed by atoms with E-state index < -0.39 is 17.9 Å². The molecule has 0 spiro atoms. The number of likely N-dealkylation sites (tertiary alicyclic amines) is 1. The van der Waals surface area contributed by atoms with Crippen LogP contribution in [0.4, 0.5) is 4.39 Å². The van der Waals surface area contributed by atoms with Crippen LogP contribution in [-0.2, 0) is 9.59 Å². The quantitative estimate of drug-likeness (QED) is 0.849. The largest absolute Gasteiger partial charge is 0.480 e. The molecule has 2 rings (SSSR count). The average molecular weight is 279 g/mol. The monoisotopic (exact) mass is 279 g/mol. The summed E-state index contributed by atoms with van der Waals surface area (Å²) in [5.74, 6) is -1.49. The molecule has 0 aromatic heterocycles. The first-order valence-corrected chi connectivity index (χ1v) is 6.09. The number of halogens is 1. The highest BCUT2D eigenvalue weighted by Gasteiger charge is 2.31. The molecule has 0 radical (unpaired) electrons. The molecule has 1 aliphatic heterocycles. The zero-order valence-corrected chi connectivity index (χ0v) is 10.9. The third kappa shape index (κ3) is 3.14. The summed E-state index contributed by atoms with van der Waals surface area (Å²) in [6, 6.07) is 3.76. The van der Waals surface area contributed by atoms with Crippen LogP contribution in [0, 0.1) is 5.82 Å². The van der Waals surface area contributed by atoms with Crippen molar-refractivity contribution in [1.29, 1.82) is 0 Å². The van der Waals surface area contributed by atoms with Crippen LogP contribution in [0.5, 0.6) is 5.75 Å². The molecule has 1 saturated heterocycles. The number of ether oxygens (including phenoxy) is 1. The van der Waals surface area contributed by atoms with Gasteiger partial charge < -0.3 is 14.7 Å². The maximum Gasteiger partial charge on any atom is 0.328 e. The number of carbonyl (C=O) groups excluding carboxylic acids is 1. The van der Waals surface area contributed by atoms with Crippen molar-refractivity contribution in [2.24, 2.45) is 0 Å². The second-order valence-electron chi connectivity index (χ2n) is 4.51. The number of amides is 1. The van der Waals surface area contributed by atoms with E-state index in [9.17, 15) is 14.0 Å². The van der Waals surface area contributed by atoms with Gasteiger partial charge in [-0.25, -0.2) is 9.18 Å². The average Bonchev–Trinajstić information content (AvgIpc) is 2.71. The smallest absolute Gasteiger partial charge is 0.328 e. The number of carbonyl (C=O) groups is 2. The summed E-state index contributed by atoms with van der Waals surface area (Å²) >= 11 is 0. The van der Waals surface area contributed by atoms with Crippen molar-refractivity contribution in [3.63, 3.8) is 0 Å². The lowest BCUT2D eigenvalue weighted by atomic mass is 10.1. The van der Waals surface area contributed by atoms with E-state index in [-0.39, 0.29) is 17.2 Å². The van der Waals surface area contributed by atoms with Crippen LogP contribution in [0.15, 0.2) is 24.3 Å². The summed E-state index contributed by atoms with van der Waals surface area (Å²) in [6.07, 6.45) is 2.07. The van der Waals surface area contributed by atoms with Crippen molar-refractivity contribution < 1.29 is 23.8 Å². The number of benzene rings is 1. The topological polar surface area (TPSA) is 66.8 Å². The summed E-state index contributed by atoms with van der Waals surface area (Å²) < 4.78 is 18.8. The molecule has 1 heterocycles. The molecule has 0 aliphatic carbocycles. The fourth-order valence-corrected chi connectivity index (χ4v) is 1.97. The Bertz CT molecular complexity index is 570. The Morgan fingerprint density at radius 2 is 2.30 bits per heavy atom. The lowest BCUT2D eigenvalue weighted by molar-refractivity contribution is -0.132. The minimum Gasteiger partial charge on any atom is -0.480 e. The summed E-state index contributed by atoms with van der Waals surface area (Å²) in [6.45, 7) is 0.602. The number of hydrogen-bond donors (Lipinski definition) is 1. The second kappa shape index (κ2) is 5.73.